The molecule has 1 aromatic heterocycles. The van der Waals surface area contributed by atoms with Crippen molar-refractivity contribution in [2.24, 2.45) is 0 Å². The standard InChI is InChI=1S/C14H16N2O3/c1-4-18-13-7-11(6-5-9(13)2)16-14(17)12-8-15-19-10(12)3/h5-8H,4H2,1-3H3,(H,16,17). The van der Waals surface area contributed by atoms with Crippen molar-refractivity contribution in [3.05, 3.63) is 41.3 Å². The molecule has 5 nitrogen and oxygen atoms in total. The van der Waals surface area contributed by atoms with E-state index < -0.39 is 0 Å². The van der Waals surface area contributed by atoms with Gasteiger partial charge in [0.2, 0.25) is 0 Å². The van der Waals surface area contributed by atoms with E-state index in [-0.39, 0.29) is 5.91 Å². The molecule has 0 spiro atoms. The Morgan fingerprint density at radius 3 is 2.84 bits per heavy atom. The largest absolute Gasteiger partial charge is 0.494 e. The highest BCUT2D eigenvalue weighted by atomic mass is 16.5. The molecule has 0 saturated heterocycles. The highest BCUT2D eigenvalue weighted by molar-refractivity contribution is 6.04. The van der Waals surface area contributed by atoms with Gasteiger partial charge in [-0.05, 0) is 32.4 Å². The maximum Gasteiger partial charge on any atom is 0.260 e. The molecular weight excluding hydrogens is 244 g/mol. The quantitative estimate of drug-likeness (QED) is 0.918. The Morgan fingerprint density at radius 1 is 1.42 bits per heavy atom. The van der Waals surface area contributed by atoms with E-state index >= 15 is 0 Å². The molecule has 2 aromatic rings. The second kappa shape index (κ2) is 5.56. The van der Waals surface area contributed by atoms with Gasteiger partial charge in [-0.3, -0.25) is 4.79 Å². The molecule has 0 saturated carbocycles. The van der Waals surface area contributed by atoms with Gasteiger partial charge in [0.25, 0.3) is 5.91 Å². The highest BCUT2D eigenvalue weighted by Crippen LogP contribution is 2.23. The Bertz CT molecular complexity index is 590. The first-order chi connectivity index (χ1) is 9.11. The van der Waals surface area contributed by atoms with Crippen molar-refractivity contribution in [2.75, 3.05) is 11.9 Å². The second-order valence-corrected chi connectivity index (χ2v) is 4.16. The number of amides is 1. The normalized spacial score (nSPS) is 10.3. The first-order valence-electron chi connectivity index (χ1n) is 6.08. The number of nitrogens with one attached hydrogen (secondary N) is 1. The van der Waals surface area contributed by atoms with Gasteiger partial charge < -0.3 is 14.6 Å². The lowest BCUT2D eigenvalue weighted by Gasteiger charge is -2.10. The number of benzene rings is 1. The van der Waals surface area contributed by atoms with Crippen LogP contribution in [0.2, 0.25) is 0 Å². The van der Waals surface area contributed by atoms with Crippen LogP contribution in [0, 0.1) is 13.8 Å². The van der Waals surface area contributed by atoms with Crippen molar-refractivity contribution in [1.29, 1.82) is 0 Å². The molecule has 100 valence electrons. The number of anilines is 1. The van der Waals surface area contributed by atoms with Crippen molar-refractivity contribution in [3.8, 4) is 5.75 Å². The number of aryl methyl sites for hydroxylation is 2. The van der Waals surface area contributed by atoms with E-state index in [0.29, 0.717) is 23.6 Å². The van der Waals surface area contributed by atoms with Gasteiger partial charge in [-0.1, -0.05) is 11.2 Å². The SMILES string of the molecule is CCOc1cc(NC(=O)c2cnoc2C)ccc1C. The average molecular weight is 260 g/mol. The Balaban J connectivity index is 2.17. The summed E-state index contributed by atoms with van der Waals surface area (Å²) in [4.78, 5) is 12.0. The lowest BCUT2D eigenvalue weighted by molar-refractivity contribution is 0.102. The molecule has 0 atom stereocenters. The van der Waals surface area contributed by atoms with E-state index in [1.54, 1.807) is 13.0 Å². The minimum Gasteiger partial charge on any atom is -0.494 e. The van der Waals surface area contributed by atoms with E-state index in [1.165, 1.54) is 6.20 Å². The minimum atomic E-state index is -0.245. The third-order valence-corrected chi connectivity index (χ3v) is 2.74. The van der Waals surface area contributed by atoms with Crippen molar-refractivity contribution < 1.29 is 14.1 Å². The van der Waals surface area contributed by atoms with Crippen molar-refractivity contribution >= 4 is 11.6 Å². The molecule has 0 aliphatic heterocycles. The lowest BCUT2D eigenvalue weighted by Crippen LogP contribution is -2.12. The number of carbonyl (C=O) groups is 1. The number of rotatable bonds is 4. The number of hydrogen-bond acceptors (Lipinski definition) is 4. The molecule has 2 rings (SSSR count). The van der Waals surface area contributed by atoms with Crippen LogP contribution in [0.1, 0.15) is 28.6 Å². The summed E-state index contributed by atoms with van der Waals surface area (Å²) in [5, 5.41) is 6.38. The zero-order valence-electron chi connectivity index (χ0n) is 11.2. The second-order valence-electron chi connectivity index (χ2n) is 4.16. The van der Waals surface area contributed by atoms with Crippen molar-refractivity contribution in [2.45, 2.75) is 20.8 Å². The Kier molecular flexibility index (Phi) is 3.85. The molecule has 0 aliphatic carbocycles. The monoisotopic (exact) mass is 260 g/mol. The fourth-order valence-electron chi connectivity index (χ4n) is 1.70. The average Bonchev–Trinajstić information content (AvgIpc) is 2.80. The summed E-state index contributed by atoms with van der Waals surface area (Å²) in [6.07, 6.45) is 1.41. The van der Waals surface area contributed by atoms with Gasteiger partial charge >= 0.3 is 0 Å². The van der Waals surface area contributed by atoms with Crippen LogP contribution in [0.5, 0.6) is 5.75 Å². The van der Waals surface area contributed by atoms with Crippen molar-refractivity contribution in [1.82, 2.24) is 5.16 Å². The smallest absolute Gasteiger partial charge is 0.260 e. The molecule has 19 heavy (non-hydrogen) atoms. The predicted octanol–water partition coefficient (Wildman–Crippen LogP) is 2.94. The van der Waals surface area contributed by atoms with E-state index in [2.05, 4.69) is 10.5 Å². The number of nitrogens with zero attached hydrogens (tertiary/aromatic N) is 1. The van der Waals surface area contributed by atoms with Gasteiger partial charge in [0.15, 0.2) is 0 Å². The summed E-state index contributed by atoms with van der Waals surface area (Å²) >= 11 is 0. The molecule has 1 heterocycles. The topological polar surface area (TPSA) is 64.4 Å². The molecular formula is C14H16N2O3. The maximum atomic E-state index is 12.0. The molecule has 0 bridgehead atoms. The molecule has 1 aromatic carbocycles. The molecule has 0 unspecified atom stereocenters. The van der Waals surface area contributed by atoms with Crippen LogP contribution in [-0.2, 0) is 0 Å². The van der Waals surface area contributed by atoms with E-state index in [0.717, 1.165) is 11.3 Å². The number of carbonyl (C=O) groups excluding carboxylic acids is 1. The van der Waals surface area contributed by atoms with Crippen LogP contribution in [0.25, 0.3) is 0 Å². The van der Waals surface area contributed by atoms with Crippen LogP contribution in [0.3, 0.4) is 0 Å². The molecule has 1 N–H and O–H groups in total. The first-order valence-corrected chi connectivity index (χ1v) is 6.08. The van der Waals surface area contributed by atoms with Gasteiger partial charge in [-0.2, -0.15) is 0 Å². The molecule has 5 heteroatoms. The fraction of sp³-hybridized carbons (Fsp3) is 0.286. The summed E-state index contributed by atoms with van der Waals surface area (Å²) in [5.41, 5.74) is 2.14. The maximum absolute atomic E-state index is 12.0. The predicted molar refractivity (Wildman–Crippen MR) is 71.5 cm³/mol. The third-order valence-electron chi connectivity index (χ3n) is 2.74. The zero-order valence-corrected chi connectivity index (χ0v) is 11.2. The van der Waals surface area contributed by atoms with Crippen LogP contribution < -0.4 is 10.1 Å². The lowest BCUT2D eigenvalue weighted by atomic mass is 10.2. The molecule has 0 radical (unpaired) electrons. The van der Waals surface area contributed by atoms with Crippen LogP contribution in [0.4, 0.5) is 5.69 Å². The minimum absolute atomic E-state index is 0.245. The number of hydrogen-bond donors (Lipinski definition) is 1. The molecule has 0 fully saturated rings. The van der Waals surface area contributed by atoms with Crippen LogP contribution in [0.15, 0.2) is 28.9 Å². The summed E-state index contributed by atoms with van der Waals surface area (Å²) in [6, 6.07) is 5.54. The molecule has 0 aliphatic rings. The number of ether oxygens (including phenoxy) is 1. The van der Waals surface area contributed by atoms with Gasteiger partial charge in [-0.15, -0.1) is 0 Å². The summed E-state index contributed by atoms with van der Waals surface area (Å²) in [5.74, 6) is 1.02. The van der Waals surface area contributed by atoms with Crippen LogP contribution >= 0.6 is 0 Å². The Morgan fingerprint density at radius 2 is 2.21 bits per heavy atom. The number of aromatic nitrogens is 1. The summed E-state index contributed by atoms with van der Waals surface area (Å²) in [7, 11) is 0. The highest BCUT2D eigenvalue weighted by Gasteiger charge is 2.13. The Labute approximate surface area is 111 Å². The summed E-state index contributed by atoms with van der Waals surface area (Å²) in [6.45, 7) is 6.16. The first kappa shape index (κ1) is 13.1. The third kappa shape index (κ3) is 2.93. The van der Waals surface area contributed by atoms with E-state index in [4.69, 9.17) is 9.26 Å². The van der Waals surface area contributed by atoms with E-state index in [1.807, 2.05) is 26.0 Å². The molecule has 1 amide bonds. The van der Waals surface area contributed by atoms with Crippen molar-refractivity contribution in [3.63, 3.8) is 0 Å². The van der Waals surface area contributed by atoms with Gasteiger partial charge in [0, 0.05) is 11.8 Å². The zero-order chi connectivity index (χ0) is 13.8. The van der Waals surface area contributed by atoms with Crippen LogP contribution in [-0.4, -0.2) is 17.7 Å². The van der Waals surface area contributed by atoms with Gasteiger partial charge in [0.1, 0.15) is 17.1 Å². The Hall–Kier alpha value is -2.30. The fourth-order valence-corrected chi connectivity index (χ4v) is 1.70. The summed E-state index contributed by atoms with van der Waals surface area (Å²) < 4.78 is 10.4. The van der Waals surface area contributed by atoms with Gasteiger partial charge in [-0.25, -0.2) is 0 Å². The van der Waals surface area contributed by atoms with E-state index in [9.17, 15) is 4.79 Å². The van der Waals surface area contributed by atoms with Gasteiger partial charge in [0.05, 0.1) is 12.8 Å².